The largest absolute Gasteiger partial charge is 0.353 e. The third-order valence-corrected chi connectivity index (χ3v) is 6.15. The normalized spacial score (nSPS) is 24.7. The summed E-state index contributed by atoms with van der Waals surface area (Å²) in [6.07, 6.45) is 2.12. The van der Waals surface area contributed by atoms with Crippen molar-refractivity contribution in [3.63, 3.8) is 0 Å². The Morgan fingerprint density at radius 1 is 1.36 bits per heavy atom. The maximum absolute atomic E-state index is 12.4. The van der Waals surface area contributed by atoms with E-state index in [9.17, 15) is 9.59 Å². The van der Waals surface area contributed by atoms with Gasteiger partial charge in [-0.3, -0.25) is 14.5 Å². The maximum Gasteiger partial charge on any atom is 0.237 e. The van der Waals surface area contributed by atoms with E-state index in [2.05, 4.69) is 21.6 Å². The third kappa shape index (κ3) is 5.04. The van der Waals surface area contributed by atoms with Gasteiger partial charge in [0.2, 0.25) is 11.8 Å². The quantitative estimate of drug-likeness (QED) is 0.693. The molecule has 6 nitrogen and oxygen atoms in total. The summed E-state index contributed by atoms with van der Waals surface area (Å²) < 4.78 is 0. The summed E-state index contributed by atoms with van der Waals surface area (Å²) in [5.41, 5.74) is 1.14. The second kappa shape index (κ2) is 9.72. The van der Waals surface area contributed by atoms with Crippen LogP contribution in [-0.4, -0.2) is 65.9 Å². The molecule has 2 aliphatic heterocycles. The Kier molecular flexibility index (Phi) is 7.32. The van der Waals surface area contributed by atoms with Gasteiger partial charge in [0.1, 0.15) is 0 Å². The van der Waals surface area contributed by atoms with Gasteiger partial charge in [-0.05, 0) is 44.4 Å². The molecule has 3 atom stereocenters. The summed E-state index contributed by atoms with van der Waals surface area (Å²) in [7, 11) is 0. The summed E-state index contributed by atoms with van der Waals surface area (Å²) in [5.74, 6) is 0.312. The highest BCUT2D eigenvalue weighted by Crippen LogP contribution is 2.26. The number of rotatable bonds is 8. The fraction of sp³-hybridized carbons (Fsp3) is 0.619. The summed E-state index contributed by atoms with van der Waals surface area (Å²) in [5, 5.41) is 7.34. The molecule has 1 aromatic rings. The first kappa shape index (κ1) is 21.1. The highest BCUT2D eigenvalue weighted by atomic mass is 35.5. The van der Waals surface area contributed by atoms with E-state index in [1.54, 1.807) is 0 Å². The standard InChI is InChI=1S/C21H31ClN4O2/c1-3-25(4-2)20(27)9-8-18-13-24-21(28)19-11-17(14-26(18)19)23-12-15-6-5-7-16(22)10-15/h5-7,10,17-19,23H,3-4,8-9,11-14H2,1-2H3,(H,24,28)/t17-,18+,19-/m0/s1. The van der Waals surface area contributed by atoms with E-state index in [0.29, 0.717) is 13.0 Å². The number of carbonyl (C=O) groups is 2. The lowest BCUT2D eigenvalue weighted by Crippen LogP contribution is -2.58. The van der Waals surface area contributed by atoms with Gasteiger partial charge in [-0.25, -0.2) is 0 Å². The highest BCUT2D eigenvalue weighted by Gasteiger charge is 2.43. The minimum absolute atomic E-state index is 0.0980. The molecule has 2 saturated heterocycles. The van der Waals surface area contributed by atoms with Crippen molar-refractivity contribution < 1.29 is 9.59 Å². The van der Waals surface area contributed by atoms with Crippen molar-refractivity contribution >= 4 is 23.4 Å². The van der Waals surface area contributed by atoms with Crippen LogP contribution in [0, 0.1) is 0 Å². The summed E-state index contributed by atoms with van der Waals surface area (Å²) in [6.45, 7) is 7.71. The molecule has 0 radical (unpaired) electrons. The number of fused-ring (bicyclic) bond motifs is 1. The molecule has 0 aliphatic carbocycles. The number of halogens is 1. The van der Waals surface area contributed by atoms with Crippen LogP contribution in [0.4, 0.5) is 0 Å². The lowest BCUT2D eigenvalue weighted by atomic mass is 10.0. The number of nitrogens with zero attached hydrogens (tertiary/aromatic N) is 2. The lowest BCUT2D eigenvalue weighted by molar-refractivity contribution is -0.132. The van der Waals surface area contributed by atoms with Crippen molar-refractivity contribution in [1.29, 1.82) is 0 Å². The van der Waals surface area contributed by atoms with E-state index in [1.807, 2.05) is 36.9 Å². The highest BCUT2D eigenvalue weighted by molar-refractivity contribution is 6.30. The number of benzene rings is 1. The first-order valence-corrected chi connectivity index (χ1v) is 10.7. The molecule has 1 aromatic carbocycles. The predicted molar refractivity (Wildman–Crippen MR) is 111 cm³/mol. The Bertz CT molecular complexity index is 695. The average molecular weight is 407 g/mol. The van der Waals surface area contributed by atoms with Crippen molar-refractivity contribution in [2.75, 3.05) is 26.2 Å². The monoisotopic (exact) mass is 406 g/mol. The van der Waals surface area contributed by atoms with E-state index in [0.717, 1.165) is 49.6 Å². The molecule has 7 heteroatoms. The summed E-state index contributed by atoms with van der Waals surface area (Å²) >= 11 is 6.06. The third-order valence-electron chi connectivity index (χ3n) is 5.91. The van der Waals surface area contributed by atoms with Crippen LogP contribution in [0.1, 0.15) is 38.7 Å². The topological polar surface area (TPSA) is 64.7 Å². The van der Waals surface area contributed by atoms with Gasteiger partial charge >= 0.3 is 0 Å². The average Bonchev–Trinajstić information content (AvgIpc) is 3.12. The van der Waals surface area contributed by atoms with E-state index in [1.165, 1.54) is 0 Å². The van der Waals surface area contributed by atoms with Crippen molar-refractivity contribution in [3.8, 4) is 0 Å². The Morgan fingerprint density at radius 3 is 2.86 bits per heavy atom. The van der Waals surface area contributed by atoms with Gasteiger partial charge in [-0.1, -0.05) is 23.7 Å². The van der Waals surface area contributed by atoms with Gasteiger partial charge in [0.25, 0.3) is 0 Å². The maximum atomic E-state index is 12.4. The molecule has 3 rings (SSSR count). The first-order valence-electron chi connectivity index (χ1n) is 10.3. The number of amides is 2. The minimum Gasteiger partial charge on any atom is -0.353 e. The van der Waals surface area contributed by atoms with Crippen LogP contribution in [0.5, 0.6) is 0 Å². The second-order valence-corrected chi connectivity index (χ2v) is 8.10. The van der Waals surface area contributed by atoms with Crippen LogP contribution >= 0.6 is 11.6 Å². The van der Waals surface area contributed by atoms with E-state index >= 15 is 0 Å². The molecule has 2 heterocycles. The van der Waals surface area contributed by atoms with Crippen LogP contribution in [0.25, 0.3) is 0 Å². The Balaban J connectivity index is 1.55. The molecule has 0 spiro atoms. The van der Waals surface area contributed by atoms with Gasteiger partial charge in [-0.2, -0.15) is 0 Å². The smallest absolute Gasteiger partial charge is 0.237 e. The molecular formula is C21H31ClN4O2. The van der Waals surface area contributed by atoms with E-state index in [-0.39, 0.29) is 29.9 Å². The van der Waals surface area contributed by atoms with Crippen LogP contribution in [0.2, 0.25) is 5.02 Å². The molecular weight excluding hydrogens is 376 g/mol. The van der Waals surface area contributed by atoms with Gasteiger partial charge in [0, 0.05) is 56.3 Å². The Morgan fingerprint density at radius 2 is 2.14 bits per heavy atom. The second-order valence-electron chi connectivity index (χ2n) is 7.66. The zero-order valence-corrected chi connectivity index (χ0v) is 17.5. The van der Waals surface area contributed by atoms with Gasteiger partial charge in [0.15, 0.2) is 0 Å². The van der Waals surface area contributed by atoms with E-state index < -0.39 is 0 Å². The lowest BCUT2D eigenvalue weighted by Gasteiger charge is -2.37. The van der Waals surface area contributed by atoms with Crippen molar-refractivity contribution in [2.24, 2.45) is 0 Å². The number of carbonyl (C=O) groups excluding carboxylic acids is 2. The van der Waals surface area contributed by atoms with Crippen LogP contribution in [0.15, 0.2) is 24.3 Å². The number of piperazine rings is 1. The molecule has 154 valence electrons. The zero-order chi connectivity index (χ0) is 20.1. The van der Waals surface area contributed by atoms with Gasteiger partial charge in [0.05, 0.1) is 6.04 Å². The van der Waals surface area contributed by atoms with E-state index in [4.69, 9.17) is 11.6 Å². The Hall–Kier alpha value is -1.63. The molecule has 2 amide bonds. The van der Waals surface area contributed by atoms with Crippen LogP contribution in [0.3, 0.4) is 0 Å². The van der Waals surface area contributed by atoms with Crippen molar-refractivity contribution in [1.82, 2.24) is 20.4 Å². The van der Waals surface area contributed by atoms with Gasteiger partial charge in [-0.15, -0.1) is 0 Å². The molecule has 2 aliphatic rings. The number of hydrogen-bond acceptors (Lipinski definition) is 4. The first-order chi connectivity index (χ1) is 13.5. The summed E-state index contributed by atoms with van der Waals surface area (Å²) in [6, 6.07) is 8.22. The van der Waals surface area contributed by atoms with Crippen molar-refractivity contribution in [3.05, 3.63) is 34.9 Å². The number of nitrogens with one attached hydrogen (secondary N) is 2. The fourth-order valence-corrected chi connectivity index (χ4v) is 4.54. The number of hydrogen-bond donors (Lipinski definition) is 2. The fourth-order valence-electron chi connectivity index (χ4n) is 4.33. The van der Waals surface area contributed by atoms with Crippen LogP contribution < -0.4 is 10.6 Å². The Labute approximate surface area is 172 Å². The van der Waals surface area contributed by atoms with Crippen molar-refractivity contribution in [2.45, 2.75) is 57.8 Å². The predicted octanol–water partition coefficient (Wildman–Crippen LogP) is 2.02. The molecule has 28 heavy (non-hydrogen) atoms. The summed E-state index contributed by atoms with van der Waals surface area (Å²) in [4.78, 5) is 28.9. The van der Waals surface area contributed by atoms with Crippen LogP contribution in [-0.2, 0) is 16.1 Å². The minimum atomic E-state index is -0.0980. The van der Waals surface area contributed by atoms with Gasteiger partial charge < -0.3 is 15.5 Å². The zero-order valence-electron chi connectivity index (χ0n) is 16.8. The molecule has 2 fully saturated rings. The molecule has 2 N–H and O–H groups in total. The molecule has 0 saturated carbocycles. The molecule has 0 aromatic heterocycles. The molecule has 0 bridgehead atoms. The SMILES string of the molecule is CCN(CC)C(=O)CC[C@@H]1CNC(=O)[C@@H]2C[C@H](NCc3cccc(Cl)c3)CN12. The molecule has 0 unspecified atom stereocenters.